The van der Waals surface area contributed by atoms with Gasteiger partial charge in [0.25, 0.3) is 5.91 Å². The van der Waals surface area contributed by atoms with Crippen LogP contribution in [0.3, 0.4) is 0 Å². The monoisotopic (exact) mass is 341 g/mol. The summed E-state index contributed by atoms with van der Waals surface area (Å²) in [6.07, 6.45) is 1.56. The Bertz CT molecular complexity index is 727. The van der Waals surface area contributed by atoms with E-state index in [0.717, 1.165) is 11.3 Å². The zero-order valence-corrected chi connectivity index (χ0v) is 14.7. The summed E-state index contributed by atoms with van der Waals surface area (Å²) < 4.78 is 10.7. The molecule has 0 fully saturated rings. The van der Waals surface area contributed by atoms with Gasteiger partial charge in [-0.05, 0) is 49.7 Å². The molecule has 0 aromatic heterocycles. The van der Waals surface area contributed by atoms with Crippen molar-refractivity contribution in [3.05, 3.63) is 53.6 Å². The van der Waals surface area contributed by atoms with Crippen molar-refractivity contribution in [1.29, 1.82) is 0 Å². The van der Waals surface area contributed by atoms with E-state index in [0.29, 0.717) is 18.1 Å². The summed E-state index contributed by atoms with van der Waals surface area (Å²) in [4.78, 5) is 11.8. The Morgan fingerprint density at radius 3 is 2.60 bits per heavy atom. The van der Waals surface area contributed by atoms with Crippen LogP contribution in [0, 0.1) is 6.92 Å². The van der Waals surface area contributed by atoms with Crippen molar-refractivity contribution in [2.24, 2.45) is 5.10 Å². The topological polar surface area (TPSA) is 72.0 Å². The molecule has 2 N–H and O–H groups in total. The molecule has 0 aliphatic carbocycles. The summed E-state index contributed by atoms with van der Waals surface area (Å²) in [6, 6.07) is 13.3. The Kier molecular flexibility index (Phi) is 6.83. The number of carbonyl (C=O) groups excluding carboxylic acids is 1. The average Bonchev–Trinajstić information content (AvgIpc) is 2.62. The molecule has 0 saturated heterocycles. The zero-order chi connectivity index (χ0) is 18.1. The van der Waals surface area contributed by atoms with Crippen molar-refractivity contribution in [1.82, 2.24) is 5.43 Å². The predicted octanol–water partition coefficient (Wildman–Crippen LogP) is 2.96. The van der Waals surface area contributed by atoms with Crippen LogP contribution in [0.2, 0.25) is 0 Å². The van der Waals surface area contributed by atoms with E-state index >= 15 is 0 Å². The van der Waals surface area contributed by atoms with Gasteiger partial charge in [-0.2, -0.15) is 5.10 Å². The maximum Gasteiger partial charge on any atom is 0.259 e. The number of aryl methyl sites for hydroxylation is 1. The summed E-state index contributed by atoms with van der Waals surface area (Å²) in [5.41, 5.74) is 5.35. The van der Waals surface area contributed by atoms with E-state index in [1.54, 1.807) is 19.4 Å². The van der Waals surface area contributed by atoms with Crippen molar-refractivity contribution >= 4 is 17.8 Å². The molecule has 0 aliphatic rings. The van der Waals surface area contributed by atoms with Crippen LogP contribution in [0.15, 0.2) is 47.6 Å². The van der Waals surface area contributed by atoms with E-state index in [9.17, 15) is 4.79 Å². The van der Waals surface area contributed by atoms with Crippen LogP contribution in [0.1, 0.15) is 18.1 Å². The Morgan fingerprint density at radius 2 is 1.92 bits per heavy atom. The molecule has 0 radical (unpaired) electrons. The van der Waals surface area contributed by atoms with Crippen molar-refractivity contribution in [3.8, 4) is 11.5 Å². The van der Waals surface area contributed by atoms with Gasteiger partial charge in [0, 0.05) is 5.69 Å². The summed E-state index contributed by atoms with van der Waals surface area (Å²) in [6.45, 7) is 4.64. The Morgan fingerprint density at radius 1 is 1.16 bits per heavy atom. The van der Waals surface area contributed by atoms with Gasteiger partial charge in [-0.1, -0.05) is 17.7 Å². The third kappa shape index (κ3) is 5.84. The first-order valence-corrected chi connectivity index (χ1v) is 8.05. The summed E-state index contributed by atoms with van der Waals surface area (Å²) in [7, 11) is 1.58. The highest BCUT2D eigenvalue weighted by Crippen LogP contribution is 2.27. The summed E-state index contributed by atoms with van der Waals surface area (Å²) in [5.74, 6) is 1.07. The van der Waals surface area contributed by atoms with Gasteiger partial charge < -0.3 is 14.8 Å². The van der Waals surface area contributed by atoms with Crippen molar-refractivity contribution in [3.63, 3.8) is 0 Å². The van der Waals surface area contributed by atoms with Crippen LogP contribution < -0.4 is 20.2 Å². The third-order valence-corrected chi connectivity index (χ3v) is 3.40. The van der Waals surface area contributed by atoms with Crippen LogP contribution in [-0.2, 0) is 4.79 Å². The zero-order valence-electron chi connectivity index (χ0n) is 14.7. The molecule has 1 amide bonds. The highest BCUT2D eigenvalue weighted by Gasteiger charge is 2.04. The summed E-state index contributed by atoms with van der Waals surface area (Å²) >= 11 is 0. The molecule has 2 rings (SSSR count). The van der Waals surface area contributed by atoms with Gasteiger partial charge >= 0.3 is 0 Å². The molecule has 25 heavy (non-hydrogen) atoms. The van der Waals surface area contributed by atoms with E-state index in [-0.39, 0.29) is 12.5 Å². The van der Waals surface area contributed by atoms with Crippen molar-refractivity contribution in [2.75, 3.05) is 25.6 Å². The van der Waals surface area contributed by atoms with E-state index < -0.39 is 0 Å². The maximum absolute atomic E-state index is 11.8. The van der Waals surface area contributed by atoms with Gasteiger partial charge in [0.05, 0.1) is 26.5 Å². The second-order valence-corrected chi connectivity index (χ2v) is 5.36. The number of carbonyl (C=O) groups is 1. The van der Waals surface area contributed by atoms with Gasteiger partial charge in [-0.15, -0.1) is 0 Å². The summed E-state index contributed by atoms with van der Waals surface area (Å²) in [5, 5.41) is 7.00. The minimum absolute atomic E-state index is 0.146. The molecule has 2 aromatic rings. The van der Waals surface area contributed by atoms with Gasteiger partial charge in [0.1, 0.15) is 0 Å². The number of methoxy groups -OCH3 is 1. The third-order valence-electron chi connectivity index (χ3n) is 3.40. The van der Waals surface area contributed by atoms with Gasteiger partial charge in [0.2, 0.25) is 0 Å². The number of rotatable bonds is 8. The molecule has 0 saturated carbocycles. The first-order valence-electron chi connectivity index (χ1n) is 8.05. The fourth-order valence-electron chi connectivity index (χ4n) is 2.11. The first kappa shape index (κ1) is 18.3. The number of benzene rings is 2. The van der Waals surface area contributed by atoms with Crippen LogP contribution in [0.5, 0.6) is 11.5 Å². The maximum atomic E-state index is 11.8. The van der Waals surface area contributed by atoms with Crippen molar-refractivity contribution in [2.45, 2.75) is 13.8 Å². The molecule has 2 aromatic carbocycles. The van der Waals surface area contributed by atoms with Gasteiger partial charge in [-0.3, -0.25) is 4.79 Å². The SMILES string of the molecule is CCOc1ccc(C=NNC(=O)CNc2ccc(C)cc2)cc1OC. The Labute approximate surface area is 147 Å². The minimum atomic E-state index is -0.227. The molecule has 132 valence electrons. The second kappa shape index (κ2) is 9.32. The van der Waals surface area contributed by atoms with Crippen LogP contribution >= 0.6 is 0 Å². The lowest BCUT2D eigenvalue weighted by molar-refractivity contribution is -0.119. The fourth-order valence-corrected chi connectivity index (χ4v) is 2.11. The van der Waals surface area contributed by atoms with E-state index in [1.165, 1.54) is 5.56 Å². The highest BCUT2D eigenvalue weighted by molar-refractivity contribution is 5.84. The lowest BCUT2D eigenvalue weighted by Crippen LogP contribution is -2.25. The van der Waals surface area contributed by atoms with E-state index in [1.807, 2.05) is 50.2 Å². The van der Waals surface area contributed by atoms with Crippen LogP contribution in [0.4, 0.5) is 5.69 Å². The van der Waals surface area contributed by atoms with E-state index in [2.05, 4.69) is 15.8 Å². The molecule has 0 aliphatic heterocycles. The molecule has 6 heteroatoms. The molecule has 0 atom stereocenters. The lowest BCUT2D eigenvalue weighted by Gasteiger charge is -2.09. The minimum Gasteiger partial charge on any atom is -0.493 e. The molecule has 6 nitrogen and oxygen atoms in total. The molecule has 0 unspecified atom stereocenters. The molecule has 0 bridgehead atoms. The average molecular weight is 341 g/mol. The Hall–Kier alpha value is -3.02. The largest absolute Gasteiger partial charge is 0.493 e. The first-order chi connectivity index (χ1) is 12.1. The van der Waals surface area contributed by atoms with Crippen LogP contribution in [-0.4, -0.2) is 32.4 Å². The number of hydrogen-bond donors (Lipinski definition) is 2. The molecular formula is C19H23N3O3. The van der Waals surface area contributed by atoms with Crippen LogP contribution in [0.25, 0.3) is 0 Å². The molecule has 0 spiro atoms. The quantitative estimate of drug-likeness (QED) is 0.572. The number of hydrogen-bond acceptors (Lipinski definition) is 5. The number of hydrazone groups is 1. The standard InChI is InChI=1S/C19H23N3O3/c1-4-25-17-10-7-15(11-18(17)24-3)12-21-22-19(23)13-20-16-8-5-14(2)6-9-16/h5-12,20H,4,13H2,1-3H3,(H,22,23). The number of ether oxygens (including phenoxy) is 2. The molecular weight excluding hydrogens is 318 g/mol. The normalized spacial score (nSPS) is 10.5. The van der Waals surface area contributed by atoms with Crippen molar-refractivity contribution < 1.29 is 14.3 Å². The predicted molar refractivity (Wildman–Crippen MR) is 99.6 cm³/mol. The second-order valence-electron chi connectivity index (χ2n) is 5.36. The number of nitrogens with zero attached hydrogens (tertiary/aromatic N) is 1. The van der Waals surface area contributed by atoms with E-state index in [4.69, 9.17) is 9.47 Å². The number of amides is 1. The molecule has 0 heterocycles. The highest BCUT2D eigenvalue weighted by atomic mass is 16.5. The fraction of sp³-hybridized carbons (Fsp3) is 0.263. The number of anilines is 1. The van der Waals surface area contributed by atoms with Gasteiger partial charge in [-0.25, -0.2) is 5.43 Å². The Balaban J connectivity index is 1.85. The van der Waals surface area contributed by atoms with Gasteiger partial charge in [0.15, 0.2) is 11.5 Å². The lowest BCUT2D eigenvalue weighted by atomic mass is 10.2. The smallest absolute Gasteiger partial charge is 0.259 e. The number of nitrogens with one attached hydrogen (secondary N) is 2.